The Hall–Kier alpha value is -4.36. The van der Waals surface area contributed by atoms with Gasteiger partial charge in [-0.15, -0.1) is 0 Å². The summed E-state index contributed by atoms with van der Waals surface area (Å²) >= 11 is 0. The van der Waals surface area contributed by atoms with Gasteiger partial charge in [-0.2, -0.15) is 5.26 Å². The molecule has 8 nitrogen and oxygen atoms in total. The molecule has 2 aliphatic heterocycles. The number of para-hydroxylation sites is 1. The molecule has 212 valence electrons. The normalized spacial score (nSPS) is 18.8. The molecule has 2 heterocycles. The van der Waals surface area contributed by atoms with Crippen molar-refractivity contribution in [3.8, 4) is 17.6 Å². The van der Waals surface area contributed by atoms with Gasteiger partial charge in [-0.25, -0.2) is 12.8 Å². The number of phenols is 1. The summed E-state index contributed by atoms with van der Waals surface area (Å²) in [4.78, 5) is 14.8. The number of halogens is 1. The summed E-state index contributed by atoms with van der Waals surface area (Å²) in [6.45, 7) is 3.84. The number of allylic oxidation sites excluding steroid dienone is 1. The molecule has 0 spiro atoms. The Bertz CT molecular complexity index is 1680. The fourth-order valence-electron chi connectivity index (χ4n) is 5.50. The van der Waals surface area contributed by atoms with Gasteiger partial charge in [-0.1, -0.05) is 50.2 Å². The van der Waals surface area contributed by atoms with Crippen LogP contribution in [0.3, 0.4) is 0 Å². The molecule has 3 aromatic carbocycles. The molecule has 0 aromatic heterocycles. The second-order valence-corrected chi connectivity index (χ2v) is 13.0. The van der Waals surface area contributed by atoms with E-state index in [0.29, 0.717) is 0 Å². The molecule has 1 amide bonds. The number of carbonyl (C=O) groups is 1. The number of benzene rings is 3. The highest BCUT2D eigenvalue weighted by atomic mass is 32.2. The summed E-state index contributed by atoms with van der Waals surface area (Å²) in [5, 5.41) is 23.1. The van der Waals surface area contributed by atoms with Crippen molar-refractivity contribution in [3.05, 3.63) is 94.3 Å². The predicted molar refractivity (Wildman–Crippen MR) is 153 cm³/mol. The quantitative estimate of drug-likeness (QED) is 0.348. The maximum absolute atomic E-state index is 16.0. The van der Waals surface area contributed by atoms with Crippen LogP contribution in [0.15, 0.2) is 77.3 Å². The van der Waals surface area contributed by atoms with E-state index in [-0.39, 0.29) is 70.7 Å². The van der Waals surface area contributed by atoms with E-state index < -0.39 is 33.0 Å². The lowest BCUT2D eigenvalue weighted by Crippen LogP contribution is -2.41. The summed E-state index contributed by atoms with van der Waals surface area (Å²) in [6.07, 6.45) is -0.0633. The largest absolute Gasteiger partial charge is 0.506 e. The summed E-state index contributed by atoms with van der Waals surface area (Å²) in [5.74, 6) is -1.50. The van der Waals surface area contributed by atoms with Crippen LogP contribution in [0, 0.1) is 22.6 Å². The minimum atomic E-state index is -4.02. The smallest absolute Gasteiger partial charge is 0.228 e. The Kier molecular flexibility index (Phi) is 7.49. The molecule has 0 saturated carbocycles. The number of nitrogens with zero attached hydrogens (tertiary/aromatic N) is 2. The molecule has 0 radical (unpaired) electrons. The highest BCUT2D eigenvalue weighted by molar-refractivity contribution is 7.95. The van der Waals surface area contributed by atoms with Gasteiger partial charge in [0, 0.05) is 30.2 Å². The monoisotopic (exact) mass is 575 g/mol. The Morgan fingerprint density at radius 3 is 2.63 bits per heavy atom. The van der Waals surface area contributed by atoms with Crippen molar-refractivity contribution in [2.45, 2.75) is 45.8 Å². The summed E-state index contributed by atoms with van der Waals surface area (Å²) < 4.78 is 49.7. The predicted octanol–water partition coefficient (Wildman–Crippen LogP) is 5.97. The van der Waals surface area contributed by atoms with Gasteiger partial charge in [0.2, 0.25) is 5.91 Å². The van der Waals surface area contributed by atoms with Gasteiger partial charge in [0.15, 0.2) is 9.84 Å². The van der Waals surface area contributed by atoms with Crippen molar-refractivity contribution in [2.75, 3.05) is 16.0 Å². The standard InChI is InChI=1S/C31H30FN3O5S/c1-31(2)17-24-30(41(38,39)19-31)29(22-14-13-21(16-23(22)32)40-18-20-8-4-3-5-9-20)35(27(37)12-7-15-33)25-10-6-11-26(36)28(25)34-24/h3-6,8-11,13-14,16,29,34,36H,7,12,17-19H2,1-2H3. The van der Waals surface area contributed by atoms with E-state index in [9.17, 15) is 23.6 Å². The first-order valence-corrected chi connectivity index (χ1v) is 14.9. The highest BCUT2D eigenvalue weighted by Gasteiger charge is 2.47. The zero-order chi connectivity index (χ0) is 29.4. The van der Waals surface area contributed by atoms with E-state index in [2.05, 4.69) is 5.32 Å². The van der Waals surface area contributed by atoms with Crippen LogP contribution in [-0.4, -0.2) is 25.2 Å². The van der Waals surface area contributed by atoms with E-state index in [1.807, 2.05) is 50.2 Å². The van der Waals surface area contributed by atoms with Crippen molar-refractivity contribution < 1.29 is 27.4 Å². The zero-order valence-electron chi connectivity index (χ0n) is 22.7. The van der Waals surface area contributed by atoms with Crippen LogP contribution in [0.4, 0.5) is 15.8 Å². The second-order valence-electron chi connectivity index (χ2n) is 11.0. The number of rotatable bonds is 6. The van der Waals surface area contributed by atoms with E-state index in [0.717, 1.165) is 5.56 Å². The van der Waals surface area contributed by atoms with E-state index in [1.165, 1.54) is 29.2 Å². The van der Waals surface area contributed by atoms with Gasteiger partial charge in [0.05, 0.1) is 22.4 Å². The maximum atomic E-state index is 16.0. The molecule has 1 unspecified atom stereocenters. The molecule has 2 N–H and O–H groups in total. The average molecular weight is 576 g/mol. The SMILES string of the molecule is CC1(C)CC2=C(C(c3ccc(OCc4ccccc4)cc3F)N(C(=O)CCC#N)c3cccc(O)c3N2)S(=O)(=O)C1. The molecule has 0 aliphatic carbocycles. The van der Waals surface area contributed by atoms with Crippen molar-refractivity contribution in [2.24, 2.45) is 5.41 Å². The second kappa shape index (κ2) is 10.9. The lowest BCUT2D eigenvalue weighted by molar-refractivity contribution is -0.118. The summed E-state index contributed by atoms with van der Waals surface area (Å²) in [7, 11) is -4.02. The zero-order valence-corrected chi connectivity index (χ0v) is 23.5. The van der Waals surface area contributed by atoms with Crippen LogP contribution < -0.4 is 15.0 Å². The molecule has 0 fully saturated rings. The molecular formula is C31H30FN3O5S. The van der Waals surface area contributed by atoms with Crippen LogP contribution in [0.1, 0.15) is 50.3 Å². The van der Waals surface area contributed by atoms with E-state index in [1.54, 1.807) is 12.1 Å². The van der Waals surface area contributed by atoms with Crippen molar-refractivity contribution in [3.63, 3.8) is 0 Å². The number of aromatic hydroxyl groups is 1. The van der Waals surface area contributed by atoms with Crippen LogP contribution in [0.5, 0.6) is 11.5 Å². The average Bonchev–Trinajstić information content (AvgIpc) is 3.05. The number of amides is 1. The van der Waals surface area contributed by atoms with Gasteiger partial charge >= 0.3 is 0 Å². The summed E-state index contributed by atoms with van der Waals surface area (Å²) in [5.41, 5.74) is 0.800. The number of hydrogen-bond donors (Lipinski definition) is 2. The number of nitriles is 1. The lowest BCUT2D eigenvalue weighted by atomic mass is 9.88. The molecule has 0 saturated heterocycles. The van der Waals surface area contributed by atoms with Gasteiger partial charge in [0.1, 0.15) is 35.7 Å². The minimum Gasteiger partial charge on any atom is -0.506 e. The number of anilines is 2. The molecule has 41 heavy (non-hydrogen) atoms. The third kappa shape index (κ3) is 5.63. The van der Waals surface area contributed by atoms with Crippen LogP contribution in [0.2, 0.25) is 0 Å². The van der Waals surface area contributed by atoms with Gasteiger partial charge in [-0.3, -0.25) is 9.69 Å². The lowest BCUT2D eigenvalue weighted by Gasteiger charge is -2.37. The maximum Gasteiger partial charge on any atom is 0.228 e. The summed E-state index contributed by atoms with van der Waals surface area (Å²) in [6, 6.07) is 18.6. The number of carbonyl (C=O) groups excluding carboxylic acids is 1. The first-order valence-electron chi connectivity index (χ1n) is 13.2. The van der Waals surface area contributed by atoms with E-state index >= 15 is 4.39 Å². The Labute approximate surface area is 238 Å². The molecule has 5 rings (SSSR count). The van der Waals surface area contributed by atoms with Crippen LogP contribution in [0.25, 0.3) is 0 Å². The van der Waals surface area contributed by atoms with Crippen molar-refractivity contribution in [1.29, 1.82) is 5.26 Å². The fourth-order valence-corrected chi connectivity index (χ4v) is 7.86. The minimum absolute atomic E-state index is 0.0452. The molecular weight excluding hydrogens is 545 g/mol. The number of nitrogens with one attached hydrogen (secondary N) is 1. The Morgan fingerprint density at radius 2 is 1.93 bits per heavy atom. The van der Waals surface area contributed by atoms with Gasteiger partial charge in [-0.05, 0) is 41.7 Å². The molecule has 2 aliphatic rings. The first-order chi connectivity index (χ1) is 19.5. The number of fused-ring (bicyclic) bond motifs is 1. The molecule has 3 aromatic rings. The first kappa shape index (κ1) is 28.2. The Balaban J connectivity index is 1.69. The third-order valence-electron chi connectivity index (χ3n) is 7.17. The third-order valence-corrected chi connectivity index (χ3v) is 9.47. The molecule has 1 atom stereocenters. The molecule has 10 heteroatoms. The van der Waals surface area contributed by atoms with Crippen LogP contribution >= 0.6 is 0 Å². The number of hydrogen-bond acceptors (Lipinski definition) is 7. The number of ether oxygens (including phenoxy) is 1. The highest BCUT2D eigenvalue weighted by Crippen LogP contribution is 2.51. The molecule has 0 bridgehead atoms. The van der Waals surface area contributed by atoms with Crippen molar-refractivity contribution in [1.82, 2.24) is 0 Å². The topological polar surface area (TPSA) is 120 Å². The van der Waals surface area contributed by atoms with E-state index in [4.69, 9.17) is 4.74 Å². The van der Waals surface area contributed by atoms with Crippen LogP contribution in [-0.2, 0) is 21.2 Å². The fraction of sp³-hybridized carbons (Fsp3) is 0.290. The van der Waals surface area contributed by atoms with Crippen molar-refractivity contribution >= 4 is 27.1 Å². The number of phenolic OH excluding ortho intramolecular Hbond substituents is 1. The Morgan fingerprint density at radius 1 is 1.17 bits per heavy atom. The van der Waals surface area contributed by atoms with Gasteiger partial charge < -0.3 is 15.2 Å². The number of sulfone groups is 1. The van der Waals surface area contributed by atoms with Gasteiger partial charge in [0.25, 0.3) is 0 Å².